The molecule has 0 bridgehead atoms. The summed E-state index contributed by atoms with van der Waals surface area (Å²) in [5.74, 6) is 1.63. The van der Waals surface area contributed by atoms with E-state index < -0.39 is 5.54 Å². The van der Waals surface area contributed by atoms with Crippen LogP contribution in [-0.4, -0.2) is 61.0 Å². The van der Waals surface area contributed by atoms with Gasteiger partial charge in [-0.3, -0.25) is 9.48 Å². The lowest BCUT2D eigenvalue weighted by Gasteiger charge is -2.39. The highest BCUT2D eigenvalue weighted by Gasteiger charge is 2.43. The van der Waals surface area contributed by atoms with E-state index in [1.54, 1.807) is 18.2 Å². The molecule has 0 saturated carbocycles. The van der Waals surface area contributed by atoms with E-state index in [9.17, 15) is 4.79 Å². The molecule has 1 N–H and O–H groups in total. The zero-order valence-electron chi connectivity index (χ0n) is 15.8. The lowest BCUT2D eigenvalue weighted by molar-refractivity contribution is -0.142. The van der Waals surface area contributed by atoms with Gasteiger partial charge in [0.05, 0.1) is 13.7 Å². The number of amides is 1. The summed E-state index contributed by atoms with van der Waals surface area (Å²) >= 11 is 0. The number of hydrogen-bond acceptors (Lipinski definition) is 5. The van der Waals surface area contributed by atoms with Crippen molar-refractivity contribution in [3.8, 4) is 11.5 Å². The molecule has 0 unspecified atom stereocenters. The van der Waals surface area contributed by atoms with Crippen LogP contribution in [0, 0.1) is 0 Å². The summed E-state index contributed by atoms with van der Waals surface area (Å²) in [4.78, 5) is 15.0. The number of ether oxygens (including phenoxy) is 2. The van der Waals surface area contributed by atoms with Gasteiger partial charge in [0.25, 0.3) is 5.91 Å². The number of methoxy groups -OCH3 is 1. The smallest absolute Gasteiger partial charge is 0.250 e. The highest BCUT2D eigenvalue weighted by Crippen LogP contribution is 2.29. The van der Waals surface area contributed by atoms with Crippen LogP contribution >= 0.6 is 12.4 Å². The Bertz CT molecular complexity index is 700. The first kappa shape index (κ1) is 21.1. The van der Waals surface area contributed by atoms with E-state index in [0.717, 1.165) is 37.4 Å². The predicted molar refractivity (Wildman–Crippen MR) is 106 cm³/mol. The zero-order valence-corrected chi connectivity index (χ0v) is 16.6. The highest BCUT2D eigenvalue weighted by molar-refractivity contribution is 5.85. The molecule has 1 aromatic carbocycles. The molecule has 0 spiro atoms. The molecule has 3 rings (SSSR count). The van der Waals surface area contributed by atoms with Crippen molar-refractivity contribution in [2.75, 3.05) is 40.4 Å². The van der Waals surface area contributed by atoms with Crippen LogP contribution in [0.2, 0.25) is 0 Å². The number of carbonyl (C=O) groups excluding carboxylic acids is 1. The second-order valence-corrected chi connectivity index (χ2v) is 6.48. The average Bonchev–Trinajstić information content (AvgIpc) is 3.24. The molecule has 0 radical (unpaired) electrons. The Morgan fingerprint density at radius 3 is 2.52 bits per heavy atom. The van der Waals surface area contributed by atoms with Gasteiger partial charge in [0, 0.05) is 19.4 Å². The van der Waals surface area contributed by atoms with Gasteiger partial charge in [0.1, 0.15) is 23.6 Å². The van der Waals surface area contributed by atoms with E-state index >= 15 is 0 Å². The molecule has 2 heterocycles. The number of likely N-dealkylation sites (N-methyl/N-ethyl adjacent to an activating group) is 1. The maximum atomic E-state index is 13.2. The second-order valence-electron chi connectivity index (χ2n) is 6.48. The predicted octanol–water partition coefficient (Wildman–Crippen LogP) is 1.93. The third-order valence-electron chi connectivity index (χ3n) is 4.87. The van der Waals surface area contributed by atoms with Crippen molar-refractivity contribution >= 4 is 18.3 Å². The summed E-state index contributed by atoms with van der Waals surface area (Å²) in [5.41, 5.74) is -0.608. The van der Waals surface area contributed by atoms with Crippen molar-refractivity contribution in [1.29, 1.82) is 0 Å². The molecule has 1 saturated heterocycles. The van der Waals surface area contributed by atoms with E-state index in [1.165, 1.54) is 0 Å². The Morgan fingerprint density at radius 2 is 1.93 bits per heavy atom. The number of halogens is 1. The summed E-state index contributed by atoms with van der Waals surface area (Å²) in [6, 6.07) is 9.29. The van der Waals surface area contributed by atoms with Crippen molar-refractivity contribution in [2.45, 2.75) is 18.4 Å². The zero-order chi connectivity index (χ0) is 18.4. The minimum atomic E-state index is -0.608. The highest BCUT2D eigenvalue weighted by atomic mass is 35.5. The summed E-state index contributed by atoms with van der Waals surface area (Å²) in [6.07, 6.45) is 5.07. The molecule has 0 atom stereocenters. The molecule has 7 nitrogen and oxygen atoms in total. The summed E-state index contributed by atoms with van der Waals surface area (Å²) in [7, 11) is 3.46. The van der Waals surface area contributed by atoms with Crippen molar-refractivity contribution in [3.05, 3.63) is 42.7 Å². The molecule has 8 heteroatoms. The number of rotatable bonds is 7. The van der Waals surface area contributed by atoms with E-state index in [4.69, 9.17) is 9.47 Å². The van der Waals surface area contributed by atoms with Crippen LogP contribution in [0.1, 0.15) is 12.8 Å². The van der Waals surface area contributed by atoms with Gasteiger partial charge in [-0.1, -0.05) is 0 Å². The number of hydrogen-bond donors (Lipinski definition) is 1. The van der Waals surface area contributed by atoms with Gasteiger partial charge < -0.3 is 19.7 Å². The normalized spacial score (nSPS) is 15.5. The summed E-state index contributed by atoms with van der Waals surface area (Å²) in [6.45, 7) is 2.56. The van der Waals surface area contributed by atoms with Crippen LogP contribution in [0.4, 0.5) is 0 Å². The van der Waals surface area contributed by atoms with Crippen LogP contribution in [0.25, 0.3) is 0 Å². The van der Waals surface area contributed by atoms with Crippen LogP contribution in [-0.2, 0) is 10.3 Å². The van der Waals surface area contributed by atoms with Crippen molar-refractivity contribution in [3.63, 3.8) is 0 Å². The molecule has 1 aliphatic heterocycles. The first-order valence-corrected chi connectivity index (χ1v) is 8.89. The van der Waals surface area contributed by atoms with E-state index in [0.29, 0.717) is 13.2 Å². The summed E-state index contributed by atoms with van der Waals surface area (Å²) < 4.78 is 12.7. The standard InChI is InChI=1S/C19H26N4O3.ClH/c1-22(14-15-26-17-6-4-16(25-2)5-7-17)18(24)19(8-11-20-12-9-19)23-13-3-10-21-23;/h3-7,10,13,20H,8-9,11-12,14-15H2,1-2H3;1H. The van der Waals surface area contributed by atoms with E-state index in [2.05, 4.69) is 10.4 Å². The van der Waals surface area contributed by atoms with Crippen molar-refractivity contribution in [1.82, 2.24) is 20.0 Å². The average molecular weight is 395 g/mol. The van der Waals surface area contributed by atoms with Gasteiger partial charge >= 0.3 is 0 Å². The molecule has 0 aliphatic carbocycles. The fraction of sp³-hybridized carbons (Fsp3) is 0.474. The topological polar surface area (TPSA) is 68.6 Å². The Kier molecular flexibility index (Phi) is 7.50. The van der Waals surface area contributed by atoms with E-state index in [-0.39, 0.29) is 18.3 Å². The summed E-state index contributed by atoms with van der Waals surface area (Å²) in [5, 5.41) is 7.68. The quantitative estimate of drug-likeness (QED) is 0.777. The monoisotopic (exact) mass is 394 g/mol. The molecule has 27 heavy (non-hydrogen) atoms. The van der Waals surface area contributed by atoms with Gasteiger partial charge in [-0.25, -0.2) is 0 Å². The maximum absolute atomic E-state index is 13.2. The molecule has 1 aromatic heterocycles. The first-order chi connectivity index (χ1) is 12.7. The van der Waals surface area contributed by atoms with Crippen LogP contribution < -0.4 is 14.8 Å². The van der Waals surface area contributed by atoms with Gasteiger partial charge in [-0.2, -0.15) is 5.10 Å². The van der Waals surface area contributed by atoms with Gasteiger partial charge in [0.2, 0.25) is 0 Å². The Balaban J connectivity index is 0.00000261. The van der Waals surface area contributed by atoms with Gasteiger partial charge in [0.15, 0.2) is 0 Å². The Morgan fingerprint density at radius 1 is 1.26 bits per heavy atom. The van der Waals surface area contributed by atoms with Gasteiger partial charge in [-0.15, -0.1) is 12.4 Å². The first-order valence-electron chi connectivity index (χ1n) is 8.89. The fourth-order valence-corrected chi connectivity index (χ4v) is 3.33. The SMILES string of the molecule is COc1ccc(OCCN(C)C(=O)C2(n3cccn3)CCNCC2)cc1.Cl. The maximum Gasteiger partial charge on any atom is 0.250 e. The molecule has 1 aliphatic rings. The Hall–Kier alpha value is -2.25. The number of piperidine rings is 1. The number of aromatic nitrogens is 2. The molecule has 1 amide bonds. The number of nitrogens with one attached hydrogen (secondary N) is 1. The van der Waals surface area contributed by atoms with Crippen molar-refractivity contribution < 1.29 is 14.3 Å². The second kappa shape index (κ2) is 9.62. The third kappa shape index (κ3) is 4.73. The Labute approximate surface area is 166 Å². The molecule has 1 fully saturated rings. The number of benzene rings is 1. The lowest BCUT2D eigenvalue weighted by Crippen LogP contribution is -2.55. The third-order valence-corrected chi connectivity index (χ3v) is 4.87. The number of carbonyl (C=O) groups is 1. The van der Waals surface area contributed by atoms with E-state index in [1.807, 2.05) is 48.3 Å². The number of nitrogens with zero attached hydrogens (tertiary/aromatic N) is 3. The largest absolute Gasteiger partial charge is 0.497 e. The van der Waals surface area contributed by atoms with Gasteiger partial charge in [-0.05, 0) is 56.3 Å². The molecular formula is C19H27ClN4O3. The molecule has 148 valence electrons. The van der Waals surface area contributed by atoms with Crippen LogP contribution in [0.15, 0.2) is 42.7 Å². The van der Waals surface area contributed by atoms with Crippen LogP contribution in [0.3, 0.4) is 0 Å². The van der Waals surface area contributed by atoms with Crippen LogP contribution in [0.5, 0.6) is 11.5 Å². The fourth-order valence-electron chi connectivity index (χ4n) is 3.33. The minimum Gasteiger partial charge on any atom is -0.497 e. The lowest BCUT2D eigenvalue weighted by atomic mass is 9.87. The molecule has 2 aromatic rings. The molecular weight excluding hydrogens is 368 g/mol. The van der Waals surface area contributed by atoms with Crippen molar-refractivity contribution in [2.24, 2.45) is 0 Å². The minimum absolute atomic E-state index is 0.